The highest BCUT2D eigenvalue weighted by molar-refractivity contribution is 5.94. The Labute approximate surface area is 167 Å². The normalized spacial score (nSPS) is 10.4. The standard InChI is InChI=1S/C21H20N4O4/c1-4-25(21(27)14-7-5-6-13(8-14)11-22)12-19-23-16-10-18(29-3)17(28-2)9-15(16)20(26)24-19/h5-10H,4,12H2,1-3H3,(H,23,24,26). The smallest absolute Gasteiger partial charge is 0.258 e. The first-order valence-electron chi connectivity index (χ1n) is 8.95. The van der Waals surface area contributed by atoms with Gasteiger partial charge < -0.3 is 19.4 Å². The number of amides is 1. The van der Waals surface area contributed by atoms with E-state index in [-0.39, 0.29) is 18.0 Å². The lowest BCUT2D eigenvalue weighted by Crippen LogP contribution is -2.32. The molecule has 1 aromatic heterocycles. The lowest BCUT2D eigenvalue weighted by atomic mass is 10.1. The molecule has 1 heterocycles. The number of aromatic nitrogens is 2. The summed E-state index contributed by atoms with van der Waals surface area (Å²) in [5.41, 5.74) is 0.919. The number of hydrogen-bond acceptors (Lipinski definition) is 6. The molecule has 0 saturated carbocycles. The van der Waals surface area contributed by atoms with Crippen LogP contribution in [0.15, 0.2) is 41.2 Å². The molecule has 0 atom stereocenters. The SMILES string of the molecule is CCN(Cc1nc2cc(OC)c(OC)cc2c(=O)[nH]1)C(=O)c1cccc(C#N)c1. The third-order valence-corrected chi connectivity index (χ3v) is 4.51. The van der Waals surface area contributed by atoms with E-state index in [0.717, 1.165) is 0 Å². The second kappa shape index (κ2) is 8.44. The summed E-state index contributed by atoms with van der Waals surface area (Å²) < 4.78 is 10.5. The number of carbonyl (C=O) groups is 1. The predicted molar refractivity (Wildman–Crippen MR) is 107 cm³/mol. The van der Waals surface area contributed by atoms with Gasteiger partial charge in [0.25, 0.3) is 11.5 Å². The zero-order valence-electron chi connectivity index (χ0n) is 16.4. The van der Waals surface area contributed by atoms with Gasteiger partial charge in [0.05, 0.1) is 43.3 Å². The maximum Gasteiger partial charge on any atom is 0.258 e. The lowest BCUT2D eigenvalue weighted by molar-refractivity contribution is 0.0748. The Balaban J connectivity index is 1.96. The number of aromatic amines is 1. The first-order chi connectivity index (χ1) is 14.0. The van der Waals surface area contributed by atoms with Crippen molar-refractivity contribution in [1.82, 2.24) is 14.9 Å². The van der Waals surface area contributed by atoms with Gasteiger partial charge >= 0.3 is 0 Å². The molecule has 3 rings (SSSR count). The second-order valence-electron chi connectivity index (χ2n) is 6.25. The van der Waals surface area contributed by atoms with E-state index in [1.165, 1.54) is 14.2 Å². The predicted octanol–water partition coefficient (Wildman–Crippen LogP) is 2.47. The van der Waals surface area contributed by atoms with Crippen LogP contribution in [0.2, 0.25) is 0 Å². The van der Waals surface area contributed by atoms with Crippen LogP contribution in [-0.4, -0.2) is 41.5 Å². The van der Waals surface area contributed by atoms with E-state index in [1.54, 1.807) is 41.3 Å². The van der Waals surface area contributed by atoms with Crippen LogP contribution in [0.25, 0.3) is 10.9 Å². The van der Waals surface area contributed by atoms with Crippen molar-refractivity contribution in [1.29, 1.82) is 5.26 Å². The lowest BCUT2D eigenvalue weighted by Gasteiger charge is -2.20. The Hall–Kier alpha value is -3.86. The molecule has 0 aliphatic rings. The van der Waals surface area contributed by atoms with Crippen LogP contribution in [0, 0.1) is 11.3 Å². The number of methoxy groups -OCH3 is 2. The number of H-pyrrole nitrogens is 1. The monoisotopic (exact) mass is 392 g/mol. The Morgan fingerprint density at radius 3 is 2.59 bits per heavy atom. The van der Waals surface area contributed by atoms with Gasteiger partial charge in [-0.2, -0.15) is 5.26 Å². The van der Waals surface area contributed by atoms with Gasteiger partial charge in [0.1, 0.15) is 5.82 Å². The number of benzene rings is 2. The van der Waals surface area contributed by atoms with Crippen molar-refractivity contribution in [3.05, 3.63) is 63.7 Å². The summed E-state index contributed by atoms with van der Waals surface area (Å²) in [6.07, 6.45) is 0. The molecule has 0 aliphatic heterocycles. The van der Waals surface area contributed by atoms with Crippen molar-refractivity contribution in [2.24, 2.45) is 0 Å². The molecular weight excluding hydrogens is 372 g/mol. The van der Waals surface area contributed by atoms with Crippen LogP contribution >= 0.6 is 0 Å². The molecule has 1 amide bonds. The van der Waals surface area contributed by atoms with E-state index >= 15 is 0 Å². The molecule has 0 fully saturated rings. The highest BCUT2D eigenvalue weighted by Gasteiger charge is 2.17. The van der Waals surface area contributed by atoms with Crippen LogP contribution in [-0.2, 0) is 6.54 Å². The molecular formula is C21H20N4O4. The van der Waals surface area contributed by atoms with Gasteiger partial charge in [0.2, 0.25) is 0 Å². The number of fused-ring (bicyclic) bond motifs is 1. The van der Waals surface area contributed by atoms with E-state index in [2.05, 4.69) is 9.97 Å². The maximum absolute atomic E-state index is 12.8. The highest BCUT2D eigenvalue weighted by atomic mass is 16.5. The molecule has 148 valence electrons. The Morgan fingerprint density at radius 2 is 1.93 bits per heavy atom. The Bertz CT molecular complexity index is 1160. The molecule has 0 spiro atoms. The van der Waals surface area contributed by atoms with Crippen molar-refractivity contribution in [2.45, 2.75) is 13.5 Å². The maximum atomic E-state index is 12.8. The molecule has 0 saturated heterocycles. The van der Waals surface area contributed by atoms with E-state index in [4.69, 9.17) is 14.7 Å². The topological polar surface area (TPSA) is 108 Å². The summed E-state index contributed by atoms with van der Waals surface area (Å²) in [6.45, 7) is 2.36. The minimum Gasteiger partial charge on any atom is -0.493 e. The average molecular weight is 392 g/mol. The van der Waals surface area contributed by atoms with E-state index in [9.17, 15) is 9.59 Å². The van der Waals surface area contributed by atoms with Crippen LogP contribution in [0.5, 0.6) is 11.5 Å². The minimum atomic E-state index is -0.332. The van der Waals surface area contributed by atoms with Crippen LogP contribution < -0.4 is 15.0 Å². The van der Waals surface area contributed by atoms with Crippen molar-refractivity contribution >= 4 is 16.8 Å². The molecule has 29 heavy (non-hydrogen) atoms. The largest absolute Gasteiger partial charge is 0.493 e. The molecule has 0 aliphatic carbocycles. The quantitative estimate of drug-likeness (QED) is 0.690. The second-order valence-corrected chi connectivity index (χ2v) is 6.25. The van der Waals surface area contributed by atoms with Gasteiger partial charge in [-0.15, -0.1) is 0 Å². The molecule has 8 nitrogen and oxygen atoms in total. The summed E-state index contributed by atoms with van der Waals surface area (Å²) in [4.78, 5) is 34.1. The van der Waals surface area contributed by atoms with Crippen molar-refractivity contribution in [3.63, 3.8) is 0 Å². The number of nitrogens with zero attached hydrogens (tertiary/aromatic N) is 3. The third-order valence-electron chi connectivity index (χ3n) is 4.51. The number of nitrogens with one attached hydrogen (secondary N) is 1. The van der Waals surface area contributed by atoms with Crippen molar-refractivity contribution < 1.29 is 14.3 Å². The molecule has 0 radical (unpaired) electrons. The fourth-order valence-corrected chi connectivity index (χ4v) is 3.00. The molecule has 3 aromatic rings. The molecule has 2 aromatic carbocycles. The molecule has 8 heteroatoms. The summed E-state index contributed by atoms with van der Waals surface area (Å²) in [7, 11) is 3.00. The molecule has 1 N–H and O–H groups in total. The van der Waals surface area contributed by atoms with Gasteiger partial charge in [-0.1, -0.05) is 6.07 Å². The van der Waals surface area contributed by atoms with Crippen molar-refractivity contribution in [2.75, 3.05) is 20.8 Å². The Kier molecular flexibility index (Phi) is 5.79. The van der Waals surface area contributed by atoms with E-state index in [1.807, 2.05) is 13.0 Å². The first kappa shape index (κ1) is 19.9. The first-order valence-corrected chi connectivity index (χ1v) is 8.95. The van der Waals surface area contributed by atoms with Gasteiger partial charge in [-0.05, 0) is 31.2 Å². The summed E-state index contributed by atoms with van der Waals surface area (Å²) >= 11 is 0. The summed E-state index contributed by atoms with van der Waals surface area (Å²) in [5.74, 6) is 0.990. The number of ether oxygens (including phenoxy) is 2. The Morgan fingerprint density at radius 1 is 1.21 bits per heavy atom. The summed E-state index contributed by atoms with van der Waals surface area (Å²) in [5, 5.41) is 9.41. The van der Waals surface area contributed by atoms with Gasteiger partial charge in [0.15, 0.2) is 11.5 Å². The number of rotatable bonds is 6. The van der Waals surface area contributed by atoms with Crippen LogP contribution in [0.3, 0.4) is 0 Å². The van der Waals surface area contributed by atoms with Crippen LogP contribution in [0.4, 0.5) is 0 Å². The van der Waals surface area contributed by atoms with E-state index in [0.29, 0.717) is 45.9 Å². The van der Waals surface area contributed by atoms with Gasteiger partial charge in [-0.25, -0.2) is 4.98 Å². The number of nitriles is 1. The van der Waals surface area contributed by atoms with Gasteiger partial charge in [-0.3, -0.25) is 9.59 Å². The highest BCUT2D eigenvalue weighted by Crippen LogP contribution is 2.30. The fourth-order valence-electron chi connectivity index (χ4n) is 3.00. The molecule has 0 bridgehead atoms. The van der Waals surface area contributed by atoms with Crippen molar-refractivity contribution in [3.8, 4) is 17.6 Å². The zero-order valence-corrected chi connectivity index (χ0v) is 16.4. The number of carbonyl (C=O) groups excluding carboxylic acids is 1. The van der Waals surface area contributed by atoms with Gasteiger partial charge in [0, 0.05) is 18.2 Å². The summed E-state index contributed by atoms with van der Waals surface area (Å²) in [6, 6.07) is 11.7. The third kappa shape index (κ3) is 4.04. The zero-order chi connectivity index (χ0) is 21.0. The number of hydrogen-bond donors (Lipinski definition) is 1. The fraction of sp³-hybridized carbons (Fsp3) is 0.238. The van der Waals surface area contributed by atoms with E-state index < -0.39 is 0 Å². The van der Waals surface area contributed by atoms with Crippen LogP contribution in [0.1, 0.15) is 28.7 Å². The minimum absolute atomic E-state index is 0.117. The molecule has 0 unspecified atom stereocenters. The average Bonchev–Trinajstić information content (AvgIpc) is 2.76.